The molecule has 7 nitrogen and oxygen atoms in total. The molecule has 0 aliphatic heterocycles. The van der Waals surface area contributed by atoms with Crippen LogP contribution in [0.1, 0.15) is 5.56 Å². The third-order valence-corrected chi connectivity index (χ3v) is 3.97. The van der Waals surface area contributed by atoms with Crippen molar-refractivity contribution in [1.82, 2.24) is 14.8 Å². The zero-order valence-corrected chi connectivity index (χ0v) is 15.9. The van der Waals surface area contributed by atoms with Gasteiger partial charge in [0.2, 0.25) is 0 Å². The van der Waals surface area contributed by atoms with Crippen LogP contribution in [0.4, 0.5) is 26.3 Å². The molecule has 0 amide bonds. The second-order valence-electron chi connectivity index (χ2n) is 6.40. The van der Waals surface area contributed by atoms with Crippen LogP contribution >= 0.6 is 0 Å². The number of carbonyl (C=O) groups excluding carboxylic acids is 1. The summed E-state index contributed by atoms with van der Waals surface area (Å²) in [5, 5.41) is 4.24. The zero-order chi connectivity index (χ0) is 23.5. The average Bonchev–Trinajstić information content (AvgIpc) is 3.17. The van der Waals surface area contributed by atoms with Crippen molar-refractivity contribution in [1.29, 1.82) is 0 Å². The normalized spacial score (nSPS) is 13.0. The Labute approximate surface area is 176 Å². The highest BCUT2D eigenvalue weighted by atomic mass is 19.4. The first kappa shape index (κ1) is 23.1. The minimum absolute atomic E-state index is 0.143. The molecule has 32 heavy (non-hydrogen) atoms. The lowest BCUT2D eigenvalue weighted by atomic mass is 10.1. The summed E-state index contributed by atoms with van der Waals surface area (Å²) in [5.74, 6) is -2.45. The molecular weight excluding hydrogens is 446 g/mol. The maximum absolute atomic E-state index is 12.2. The van der Waals surface area contributed by atoms with E-state index < -0.39 is 24.7 Å². The molecule has 1 unspecified atom stereocenters. The van der Waals surface area contributed by atoms with E-state index in [0.29, 0.717) is 22.6 Å². The SMILES string of the molecule is NC(Cc1ccc(-c2ncn(-c3ccc(OC(F)(F)F)cc3)n2)cc1)OC(=O)C(F)(F)F. The predicted molar refractivity (Wildman–Crippen MR) is 97.3 cm³/mol. The fourth-order valence-electron chi connectivity index (χ4n) is 2.59. The summed E-state index contributed by atoms with van der Waals surface area (Å²) in [5.41, 5.74) is 6.93. The van der Waals surface area contributed by atoms with Crippen LogP contribution in [0.25, 0.3) is 17.1 Å². The lowest BCUT2D eigenvalue weighted by molar-refractivity contribution is -0.274. The molecule has 0 aliphatic rings. The zero-order valence-electron chi connectivity index (χ0n) is 15.9. The van der Waals surface area contributed by atoms with Crippen LogP contribution in [0.5, 0.6) is 5.75 Å². The summed E-state index contributed by atoms with van der Waals surface area (Å²) in [6.07, 6.45) is -10.2. The first-order chi connectivity index (χ1) is 14.9. The molecule has 2 N–H and O–H groups in total. The Hall–Kier alpha value is -3.61. The van der Waals surface area contributed by atoms with Crippen LogP contribution in [0.15, 0.2) is 54.9 Å². The van der Waals surface area contributed by atoms with Crippen LogP contribution in [0.2, 0.25) is 0 Å². The van der Waals surface area contributed by atoms with Crippen molar-refractivity contribution < 1.29 is 40.6 Å². The van der Waals surface area contributed by atoms with Crippen molar-refractivity contribution in [3.63, 3.8) is 0 Å². The molecule has 0 saturated heterocycles. The van der Waals surface area contributed by atoms with Crippen LogP contribution < -0.4 is 10.5 Å². The monoisotopic (exact) mass is 460 g/mol. The maximum atomic E-state index is 12.2. The Bertz CT molecular complexity index is 1060. The number of benzene rings is 2. The minimum atomic E-state index is -5.13. The second kappa shape index (κ2) is 8.86. The van der Waals surface area contributed by atoms with Gasteiger partial charge in [0.25, 0.3) is 0 Å². The van der Waals surface area contributed by atoms with Gasteiger partial charge in [-0.25, -0.2) is 14.5 Å². The number of carbonyl (C=O) groups is 1. The number of nitrogens with two attached hydrogens (primary N) is 1. The number of rotatable bonds is 6. The fraction of sp³-hybridized carbons (Fsp3) is 0.211. The first-order valence-corrected chi connectivity index (χ1v) is 8.81. The van der Waals surface area contributed by atoms with Crippen molar-refractivity contribution >= 4 is 5.97 Å². The molecule has 0 bridgehead atoms. The summed E-state index contributed by atoms with van der Waals surface area (Å²) < 4.78 is 82.6. The Morgan fingerprint density at radius 3 is 2.19 bits per heavy atom. The molecule has 13 heteroatoms. The van der Waals surface area contributed by atoms with Crippen LogP contribution in [0, 0.1) is 0 Å². The molecule has 0 radical (unpaired) electrons. The standard InChI is InChI=1S/C19H14F6N4O3/c20-18(21,22)17(30)31-15(26)9-11-1-3-12(4-2-11)16-27-10-29(28-16)13-5-7-14(8-6-13)32-19(23,24)25/h1-8,10,15H,9,26H2. The molecule has 0 saturated carbocycles. The highest BCUT2D eigenvalue weighted by Crippen LogP contribution is 2.24. The van der Waals surface area contributed by atoms with E-state index in [4.69, 9.17) is 5.73 Å². The number of hydrogen-bond donors (Lipinski definition) is 1. The Morgan fingerprint density at radius 2 is 1.62 bits per heavy atom. The lowest BCUT2D eigenvalue weighted by Crippen LogP contribution is -2.35. The summed E-state index contributed by atoms with van der Waals surface area (Å²) in [7, 11) is 0. The van der Waals surface area contributed by atoms with Gasteiger partial charge in [0.05, 0.1) is 5.69 Å². The van der Waals surface area contributed by atoms with Gasteiger partial charge < -0.3 is 9.47 Å². The Morgan fingerprint density at radius 1 is 1.00 bits per heavy atom. The van der Waals surface area contributed by atoms with E-state index in [1.165, 1.54) is 23.1 Å². The smallest absolute Gasteiger partial charge is 0.440 e. The quantitative estimate of drug-likeness (QED) is 0.342. The molecule has 3 aromatic rings. The van der Waals surface area contributed by atoms with Crippen molar-refractivity contribution in [2.75, 3.05) is 0 Å². The molecule has 3 rings (SSSR count). The van der Waals surface area contributed by atoms with Gasteiger partial charge in [-0.1, -0.05) is 24.3 Å². The summed E-state index contributed by atoms with van der Waals surface area (Å²) in [4.78, 5) is 14.9. The van der Waals surface area contributed by atoms with Gasteiger partial charge in [0, 0.05) is 12.0 Å². The van der Waals surface area contributed by atoms with Gasteiger partial charge in [-0.05, 0) is 29.8 Å². The van der Waals surface area contributed by atoms with E-state index in [0.717, 1.165) is 12.1 Å². The van der Waals surface area contributed by atoms with Crippen molar-refractivity contribution in [3.8, 4) is 22.8 Å². The molecule has 2 aromatic carbocycles. The van der Waals surface area contributed by atoms with E-state index in [1.54, 1.807) is 24.3 Å². The van der Waals surface area contributed by atoms with Crippen LogP contribution in [-0.2, 0) is 16.0 Å². The summed E-state index contributed by atoms with van der Waals surface area (Å²) in [6.45, 7) is 0. The number of halogens is 6. The van der Waals surface area contributed by atoms with Crippen molar-refractivity contribution in [2.24, 2.45) is 5.73 Å². The third kappa shape index (κ3) is 6.20. The molecular formula is C19H14F6N4O3. The van der Waals surface area contributed by atoms with E-state index in [9.17, 15) is 31.1 Å². The molecule has 170 valence electrons. The molecule has 0 spiro atoms. The molecule has 1 atom stereocenters. The van der Waals surface area contributed by atoms with E-state index in [-0.39, 0.29) is 12.2 Å². The highest BCUT2D eigenvalue weighted by Gasteiger charge is 2.41. The van der Waals surface area contributed by atoms with Crippen LogP contribution in [-0.4, -0.2) is 39.5 Å². The molecule has 0 fully saturated rings. The number of ether oxygens (including phenoxy) is 2. The number of hydrogen-bond acceptors (Lipinski definition) is 6. The topological polar surface area (TPSA) is 92.3 Å². The van der Waals surface area contributed by atoms with Gasteiger partial charge >= 0.3 is 18.5 Å². The summed E-state index contributed by atoms with van der Waals surface area (Å²) in [6, 6.07) is 11.3. The van der Waals surface area contributed by atoms with Crippen molar-refractivity contribution in [3.05, 3.63) is 60.4 Å². The number of alkyl halides is 6. The Kier molecular flexibility index (Phi) is 6.39. The van der Waals surface area contributed by atoms with Gasteiger partial charge in [-0.15, -0.1) is 18.3 Å². The highest BCUT2D eigenvalue weighted by molar-refractivity contribution is 5.75. The largest absolute Gasteiger partial charge is 0.573 e. The van der Waals surface area contributed by atoms with Crippen molar-refractivity contribution in [2.45, 2.75) is 25.2 Å². The van der Waals surface area contributed by atoms with Gasteiger partial charge in [-0.2, -0.15) is 13.2 Å². The van der Waals surface area contributed by atoms with Gasteiger partial charge in [-0.3, -0.25) is 5.73 Å². The van der Waals surface area contributed by atoms with E-state index in [1.807, 2.05) is 0 Å². The number of nitrogens with zero attached hydrogens (tertiary/aromatic N) is 3. The Balaban J connectivity index is 1.64. The van der Waals surface area contributed by atoms with E-state index in [2.05, 4.69) is 19.6 Å². The number of esters is 1. The first-order valence-electron chi connectivity index (χ1n) is 8.81. The summed E-state index contributed by atoms with van der Waals surface area (Å²) >= 11 is 0. The van der Waals surface area contributed by atoms with Gasteiger partial charge in [0.1, 0.15) is 12.1 Å². The lowest BCUT2D eigenvalue weighted by Gasteiger charge is -2.14. The molecule has 1 aromatic heterocycles. The van der Waals surface area contributed by atoms with E-state index >= 15 is 0 Å². The average molecular weight is 460 g/mol. The predicted octanol–water partition coefficient (Wildman–Crippen LogP) is 3.77. The van der Waals surface area contributed by atoms with Crippen LogP contribution in [0.3, 0.4) is 0 Å². The third-order valence-electron chi connectivity index (χ3n) is 3.97. The fourth-order valence-corrected chi connectivity index (χ4v) is 2.59. The molecule has 1 heterocycles. The molecule has 0 aliphatic carbocycles. The second-order valence-corrected chi connectivity index (χ2v) is 6.40. The maximum Gasteiger partial charge on any atom is 0.573 e. The number of aromatic nitrogens is 3. The van der Waals surface area contributed by atoms with Gasteiger partial charge in [0.15, 0.2) is 12.1 Å². The minimum Gasteiger partial charge on any atom is -0.440 e.